The fourth-order valence-electron chi connectivity index (χ4n) is 2.01. The van der Waals surface area contributed by atoms with Gasteiger partial charge in [0.15, 0.2) is 0 Å². The van der Waals surface area contributed by atoms with Crippen molar-refractivity contribution in [1.82, 2.24) is 10.0 Å². The van der Waals surface area contributed by atoms with E-state index in [1.54, 1.807) is 6.07 Å². The van der Waals surface area contributed by atoms with Crippen LogP contribution >= 0.6 is 0 Å². The molecule has 0 fully saturated rings. The lowest BCUT2D eigenvalue weighted by Gasteiger charge is -2.12. The van der Waals surface area contributed by atoms with E-state index in [2.05, 4.69) is 29.1 Å². The van der Waals surface area contributed by atoms with Gasteiger partial charge in [-0.05, 0) is 38.1 Å². The van der Waals surface area contributed by atoms with Gasteiger partial charge in [-0.25, -0.2) is 13.1 Å². The molecule has 0 saturated carbocycles. The second-order valence-corrected chi connectivity index (χ2v) is 6.72. The van der Waals surface area contributed by atoms with Crippen LogP contribution in [-0.2, 0) is 23.0 Å². The molecular formula is C15H20N2O3S. The number of furan rings is 1. The van der Waals surface area contributed by atoms with E-state index in [9.17, 15) is 8.42 Å². The highest BCUT2D eigenvalue weighted by Gasteiger charge is 2.16. The molecule has 1 aromatic carbocycles. The first-order valence-corrected chi connectivity index (χ1v) is 8.29. The summed E-state index contributed by atoms with van der Waals surface area (Å²) in [6, 6.07) is 13.6. The van der Waals surface area contributed by atoms with E-state index >= 15 is 0 Å². The van der Waals surface area contributed by atoms with Crippen molar-refractivity contribution in [2.75, 3.05) is 7.05 Å². The molecule has 0 bridgehead atoms. The number of hydrogen-bond acceptors (Lipinski definition) is 4. The molecule has 0 amide bonds. The summed E-state index contributed by atoms with van der Waals surface area (Å²) in [6.07, 6.45) is 0.906. The SMILES string of the molecule is CNS(=O)(=O)c1ccc(CNC(C)Cc2ccccc2)o1. The Kier molecular flexibility index (Phi) is 5.17. The lowest BCUT2D eigenvalue weighted by atomic mass is 10.1. The Morgan fingerprint density at radius 2 is 1.86 bits per heavy atom. The largest absolute Gasteiger partial charge is 0.447 e. The molecule has 0 radical (unpaired) electrons. The highest BCUT2D eigenvalue weighted by atomic mass is 32.2. The van der Waals surface area contributed by atoms with E-state index in [0.29, 0.717) is 12.3 Å². The van der Waals surface area contributed by atoms with Gasteiger partial charge >= 0.3 is 0 Å². The molecule has 0 aliphatic carbocycles. The van der Waals surface area contributed by atoms with Crippen LogP contribution in [-0.4, -0.2) is 21.5 Å². The third kappa shape index (κ3) is 4.42. The molecular weight excluding hydrogens is 288 g/mol. The second kappa shape index (κ2) is 6.89. The number of rotatable bonds is 7. The van der Waals surface area contributed by atoms with Crippen LogP contribution in [0.25, 0.3) is 0 Å². The Balaban J connectivity index is 1.89. The van der Waals surface area contributed by atoms with Crippen molar-refractivity contribution in [2.45, 2.75) is 31.0 Å². The lowest BCUT2D eigenvalue weighted by molar-refractivity contribution is 0.390. The number of hydrogen-bond donors (Lipinski definition) is 2. The molecule has 2 N–H and O–H groups in total. The maximum atomic E-state index is 11.6. The zero-order valence-corrected chi connectivity index (χ0v) is 13.0. The fraction of sp³-hybridized carbons (Fsp3) is 0.333. The average molecular weight is 308 g/mol. The summed E-state index contributed by atoms with van der Waals surface area (Å²) in [5.74, 6) is 0.601. The molecule has 6 heteroatoms. The van der Waals surface area contributed by atoms with Gasteiger partial charge < -0.3 is 9.73 Å². The maximum absolute atomic E-state index is 11.6. The molecule has 2 rings (SSSR count). The minimum Gasteiger partial charge on any atom is -0.447 e. The van der Waals surface area contributed by atoms with Gasteiger partial charge in [-0.3, -0.25) is 0 Å². The van der Waals surface area contributed by atoms with Crippen molar-refractivity contribution < 1.29 is 12.8 Å². The van der Waals surface area contributed by atoms with Crippen molar-refractivity contribution >= 4 is 10.0 Å². The molecule has 1 atom stereocenters. The monoisotopic (exact) mass is 308 g/mol. The molecule has 114 valence electrons. The first kappa shape index (κ1) is 15.8. The summed E-state index contributed by atoms with van der Waals surface area (Å²) in [7, 11) is -2.15. The summed E-state index contributed by atoms with van der Waals surface area (Å²) in [5.41, 5.74) is 1.26. The molecule has 21 heavy (non-hydrogen) atoms. The third-order valence-corrected chi connectivity index (χ3v) is 4.47. The first-order chi connectivity index (χ1) is 10.0. The topological polar surface area (TPSA) is 71.3 Å². The van der Waals surface area contributed by atoms with E-state index in [1.807, 2.05) is 18.2 Å². The van der Waals surface area contributed by atoms with Gasteiger partial charge in [-0.15, -0.1) is 0 Å². The lowest BCUT2D eigenvalue weighted by Crippen LogP contribution is -2.27. The molecule has 0 aliphatic rings. The summed E-state index contributed by atoms with van der Waals surface area (Å²) >= 11 is 0. The van der Waals surface area contributed by atoms with E-state index < -0.39 is 10.0 Å². The predicted octanol–water partition coefficient (Wildman–Crippen LogP) is 1.91. The fourth-order valence-corrected chi connectivity index (χ4v) is 2.68. The molecule has 5 nitrogen and oxygen atoms in total. The molecule has 1 unspecified atom stereocenters. The minimum absolute atomic E-state index is 0.0579. The Morgan fingerprint density at radius 3 is 2.52 bits per heavy atom. The smallest absolute Gasteiger partial charge is 0.273 e. The van der Waals surface area contributed by atoms with Crippen LogP contribution in [0.15, 0.2) is 52.0 Å². The average Bonchev–Trinajstić information content (AvgIpc) is 2.96. The van der Waals surface area contributed by atoms with Gasteiger partial charge in [0.05, 0.1) is 6.54 Å². The molecule has 0 aliphatic heterocycles. The Labute approximate surface area is 125 Å². The van der Waals surface area contributed by atoms with Crippen LogP contribution in [0.5, 0.6) is 0 Å². The third-order valence-electron chi connectivity index (χ3n) is 3.18. The summed E-state index contributed by atoms with van der Waals surface area (Å²) in [4.78, 5) is 0. The van der Waals surface area contributed by atoms with Gasteiger partial charge in [0.2, 0.25) is 5.09 Å². The minimum atomic E-state index is -3.51. The summed E-state index contributed by atoms with van der Waals surface area (Å²) in [6.45, 7) is 2.58. The Bertz CT molecular complexity index is 665. The van der Waals surface area contributed by atoms with Gasteiger partial charge in [0, 0.05) is 6.04 Å². The summed E-state index contributed by atoms with van der Waals surface area (Å²) < 4.78 is 30.7. The van der Waals surface area contributed by atoms with Crippen LogP contribution in [0.4, 0.5) is 0 Å². The molecule has 0 saturated heterocycles. The number of nitrogens with one attached hydrogen (secondary N) is 2. The molecule has 1 heterocycles. The second-order valence-electron chi connectivity index (χ2n) is 4.90. The van der Waals surface area contributed by atoms with Crippen molar-refractivity contribution in [3.05, 3.63) is 53.8 Å². The van der Waals surface area contributed by atoms with Gasteiger partial charge in [0.1, 0.15) is 5.76 Å². The van der Waals surface area contributed by atoms with Crippen LogP contribution in [0.2, 0.25) is 0 Å². The van der Waals surface area contributed by atoms with E-state index in [-0.39, 0.29) is 11.1 Å². The van der Waals surface area contributed by atoms with E-state index in [4.69, 9.17) is 4.42 Å². The number of benzene rings is 1. The van der Waals surface area contributed by atoms with Crippen LogP contribution in [0.3, 0.4) is 0 Å². The molecule has 1 aromatic heterocycles. The molecule has 0 spiro atoms. The van der Waals surface area contributed by atoms with Crippen molar-refractivity contribution in [3.63, 3.8) is 0 Å². The zero-order chi connectivity index (χ0) is 15.3. The Hall–Kier alpha value is -1.63. The van der Waals surface area contributed by atoms with Crippen molar-refractivity contribution in [3.8, 4) is 0 Å². The van der Waals surface area contributed by atoms with Gasteiger partial charge in [-0.2, -0.15) is 0 Å². The van der Waals surface area contributed by atoms with Gasteiger partial charge in [-0.1, -0.05) is 30.3 Å². The summed E-state index contributed by atoms with van der Waals surface area (Å²) in [5, 5.41) is 3.26. The van der Waals surface area contributed by atoms with Crippen LogP contribution in [0.1, 0.15) is 18.2 Å². The highest BCUT2D eigenvalue weighted by Crippen LogP contribution is 2.13. The highest BCUT2D eigenvalue weighted by molar-refractivity contribution is 7.89. The number of sulfonamides is 1. The van der Waals surface area contributed by atoms with Crippen molar-refractivity contribution in [1.29, 1.82) is 0 Å². The van der Waals surface area contributed by atoms with E-state index in [1.165, 1.54) is 18.7 Å². The Morgan fingerprint density at radius 1 is 1.14 bits per heavy atom. The first-order valence-electron chi connectivity index (χ1n) is 6.81. The van der Waals surface area contributed by atoms with Crippen LogP contribution in [0, 0.1) is 0 Å². The quantitative estimate of drug-likeness (QED) is 0.819. The van der Waals surface area contributed by atoms with E-state index in [0.717, 1.165) is 6.42 Å². The van der Waals surface area contributed by atoms with Crippen molar-refractivity contribution in [2.24, 2.45) is 0 Å². The normalized spacial score (nSPS) is 13.2. The molecule has 2 aromatic rings. The predicted molar refractivity (Wildman–Crippen MR) is 81.4 cm³/mol. The zero-order valence-electron chi connectivity index (χ0n) is 12.2. The standard InChI is InChI=1S/C15H20N2O3S/c1-12(10-13-6-4-3-5-7-13)17-11-14-8-9-15(20-14)21(18,19)16-2/h3-9,12,16-17H,10-11H2,1-2H3. The van der Waals surface area contributed by atoms with Crippen LogP contribution < -0.4 is 10.0 Å². The maximum Gasteiger partial charge on any atom is 0.273 e. The van der Waals surface area contributed by atoms with Gasteiger partial charge in [0.25, 0.3) is 10.0 Å².